The number of phenols is 1. The molecule has 0 heterocycles. The van der Waals surface area contributed by atoms with Gasteiger partial charge in [0.25, 0.3) is 0 Å². The standard InChI is InChI=1S/C18H29N3O/c1-14-5-3-7-16(13-14)21-18(19-2)20-12-4-6-15-8-10-17(22)11-9-15/h8-11,14,16,22H,3-7,12-13H2,1-2H3,(H2,19,20,21). The third-order valence-corrected chi connectivity index (χ3v) is 4.37. The maximum atomic E-state index is 9.27. The van der Waals surface area contributed by atoms with Crippen molar-refractivity contribution in [2.24, 2.45) is 10.9 Å². The van der Waals surface area contributed by atoms with Gasteiger partial charge >= 0.3 is 0 Å². The Morgan fingerprint density at radius 2 is 2.05 bits per heavy atom. The van der Waals surface area contributed by atoms with Crippen molar-refractivity contribution >= 4 is 5.96 Å². The monoisotopic (exact) mass is 303 g/mol. The summed E-state index contributed by atoms with van der Waals surface area (Å²) in [4.78, 5) is 4.32. The largest absolute Gasteiger partial charge is 0.508 e. The lowest BCUT2D eigenvalue weighted by atomic mass is 9.87. The Hall–Kier alpha value is -1.71. The van der Waals surface area contributed by atoms with Crippen molar-refractivity contribution in [2.75, 3.05) is 13.6 Å². The molecule has 1 saturated carbocycles. The van der Waals surface area contributed by atoms with Crippen LogP contribution < -0.4 is 10.6 Å². The van der Waals surface area contributed by atoms with E-state index in [9.17, 15) is 5.11 Å². The number of hydrogen-bond donors (Lipinski definition) is 3. The molecular weight excluding hydrogens is 274 g/mol. The molecule has 0 saturated heterocycles. The first-order valence-electron chi connectivity index (χ1n) is 8.42. The summed E-state index contributed by atoms with van der Waals surface area (Å²) in [6.45, 7) is 3.24. The van der Waals surface area contributed by atoms with Crippen molar-refractivity contribution in [3.63, 3.8) is 0 Å². The molecule has 2 atom stereocenters. The van der Waals surface area contributed by atoms with Crippen LogP contribution in [-0.4, -0.2) is 30.7 Å². The number of rotatable bonds is 5. The average molecular weight is 303 g/mol. The first-order valence-corrected chi connectivity index (χ1v) is 8.42. The van der Waals surface area contributed by atoms with Crippen molar-refractivity contribution < 1.29 is 5.11 Å². The molecule has 4 heteroatoms. The Labute approximate surface area is 134 Å². The molecule has 0 bridgehead atoms. The zero-order valence-electron chi connectivity index (χ0n) is 13.8. The first kappa shape index (κ1) is 16.7. The lowest BCUT2D eigenvalue weighted by molar-refractivity contribution is 0.324. The normalized spacial score (nSPS) is 22.4. The average Bonchev–Trinajstić information content (AvgIpc) is 2.52. The number of benzene rings is 1. The predicted molar refractivity (Wildman–Crippen MR) is 92.3 cm³/mol. The van der Waals surface area contributed by atoms with Crippen LogP contribution >= 0.6 is 0 Å². The zero-order valence-corrected chi connectivity index (χ0v) is 13.8. The maximum Gasteiger partial charge on any atom is 0.191 e. The Kier molecular flexibility index (Phi) is 6.56. The van der Waals surface area contributed by atoms with Crippen LogP contribution in [0.3, 0.4) is 0 Å². The van der Waals surface area contributed by atoms with Gasteiger partial charge in [0.15, 0.2) is 5.96 Å². The van der Waals surface area contributed by atoms with Crippen LogP contribution in [0.2, 0.25) is 0 Å². The summed E-state index contributed by atoms with van der Waals surface area (Å²) in [5.41, 5.74) is 1.25. The van der Waals surface area contributed by atoms with Crippen LogP contribution in [0, 0.1) is 5.92 Å². The Balaban J connectivity index is 1.67. The lowest BCUT2D eigenvalue weighted by Crippen LogP contribution is -2.45. The summed E-state index contributed by atoms with van der Waals surface area (Å²) >= 11 is 0. The quantitative estimate of drug-likeness (QED) is 0.445. The van der Waals surface area contributed by atoms with Gasteiger partial charge in [-0.15, -0.1) is 0 Å². The maximum absolute atomic E-state index is 9.27. The second-order valence-electron chi connectivity index (χ2n) is 6.38. The van der Waals surface area contributed by atoms with E-state index in [1.165, 1.54) is 31.2 Å². The van der Waals surface area contributed by atoms with Gasteiger partial charge in [-0.05, 0) is 49.3 Å². The van der Waals surface area contributed by atoms with Crippen molar-refractivity contribution in [3.05, 3.63) is 29.8 Å². The zero-order chi connectivity index (χ0) is 15.8. The van der Waals surface area contributed by atoms with E-state index in [2.05, 4.69) is 22.5 Å². The van der Waals surface area contributed by atoms with Crippen molar-refractivity contribution in [1.82, 2.24) is 10.6 Å². The van der Waals surface area contributed by atoms with E-state index in [1.807, 2.05) is 19.2 Å². The molecule has 0 radical (unpaired) electrons. The predicted octanol–water partition coefficient (Wildman–Crippen LogP) is 3.07. The van der Waals surface area contributed by atoms with Gasteiger partial charge in [-0.1, -0.05) is 31.9 Å². The number of nitrogens with zero attached hydrogens (tertiary/aromatic N) is 1. The fraction of sp³-hybridized carbons (Fsp3) is 0.611. The molecule has 2 unspecified atom stereocenters. The fourth-order valence-electron chi connectivity index (χ4n) is 3.12. The molecule has 1 aromatic carbocycles. The summed E-state index contributed by atoms with van der Waals surface area (Å²) in [6.07, 6.45) is 7.22. The molecule has 0 amide bonds. The molecule has 122 valence electrons. The van der Waals surface area contributed by atoms with Gasteiger partial charge in [0.2, 0.25) is 0 Å². The van der Waals surface area contributed by atoms with Crippen LogP contribution in [0.1, 0.15) is 44.6 Å². The summed E-state index contributed by atoms with van der Waals surface area (Å²) < 4.78 is 0. The van der Waals surface area contributed by atoms with Crippen LogP contribution in [-0.2, 0) is 6.42 Å². The molecule has 1 fully saturated rings. The number of guanidine groups is 1. The molecule has 1 aromatic rings. The molecule has 1 aliphatic rings. The molecule has 0 aliphatic heterocycles. The second-order valence-corrected chi connectivity index (χ2v) is 6.38. The van der Waals surface area contributed by atoms with Crippen molar-refractivity contribution in [3.8, 4) is 5.75 Å². The van der Waals surface area contributed by atoms with Crippen LogP contribution in [0.4, 0.5) is 0 Å². The molecule has 0 aromatic heterocycles. The topological polar surface area (TPSA) is 56.7 Å². The van der Waals surface area contributed by atoms with Crippen molar-refractivity contribution in [2.45, 2.75) is 51.5 Å². The first-order chi connectivity index (χ1) is 10.7. The Bertz CT molecular complexity index is 470. The summed E-state index contributed by atoms with van der Waals surface area (Å²) in [5.74, 6) is 2.07. The van der Waals surface area contributed by atoms with Gasteiger partial charge in [0, 0.05) is 19.6 Å². The van der Waals surface area contributed by atoms with E-state index in [-0.39, 0.29) is 0 Å². The molecule has 2 rings (SSSR count). The Morgan fingerprint density at radius 1 is 1.27 bits per heavy atom. The minimum atomic E-state index is 0.327. The third kappa shape index (κ3) is 5.58. The lowest BCUT2D eigenvalue weighted by Gasteiger charge is -2.28. The number of aromatic hydroxyl groups is 1. The molecule has 1 aliphatic carbocycles. The van der Waals surface area contributed by atoms with Gasteiger partial charge in [0.1, 0.15) is 5.75 Å². The summed E-state index contributed by atoms with van der Waals surface area (Å²) in [5, 5.41) is 16.2. The van der Waals surface area contributed by atoms with E-state index in [0.29, 0.717) is 11.8 Å². The number of hydrogen-bond acceptors (Lipinski definition) is 2. The van der Waals surface area contributed by atoms with E-state index in [1.54, 1.807) is 12.1 Å². The molecule has 4 nitrogen and oxygen atoms in total. The smallest absolute Gasteiger partial charge is 0.191 e. The van der Waals surface area contributed by atoms with Gasteiger partial charge in [-0.3, -0.25) is 4.99 Å². The van der Waals surface area contributed by atoms with Gasteiger partial charge in [-0.25, -0.2) is 0 Å². The third-order valence-electron chi connectivity index (χ3n) is 4.37. The van der Waals surface area contributed by atoms with Gasteiger partial charge in [0.05, 0.1) is 0 Å². The van der Waals surface area contributed by atoms with E-state index >= 15 is 0 Å². The van der Waals surface area contributed by atoms with E-state index in [4.69, 9.17) is 0 Å². The molecule has 0 spiro atoms. The van der Waals surface area contributed by atoms with Gasteiger partial charge in [-0.2, -0.15) is 0 Å². The minimum Gasteiger partial charge on any atom is -0.508 e. The number of aryl methyl sites for hydroxylation is 1. The minimum absolute atomic E-state index is 0.327. The highest BCUT2D eigenvalue weighted by molar-refractivity contribution is 5.79. The molecule has 3 N–H and O–H groups in total. The highest BCUT2D eigenvalue weighted by Gasteiger charge is 2.19. The summed E-state index contributed by atoms with van der Waals surface area (Å²) in [6, 6.07) is 8.01. The second kappa shape index (κ2) is 8.66. The highest BCUT2D eigenvalue weighted by Crippen LogP contribution is 2.23. The number of phenolic OH excluding ortho intramolecular Hbond substituents is 1. The highest BCUT2D eigenvalue weighted by atomic mass is 16.3. The van der Waals surface area contributed by atoms with Crippen LogP contribution in [0.15, 0.2) is 29.3 Å². The number of nitrogens with one attached hydrogen (secondary N) is 2. The van der Waals surface area contributed by atoms with Crippen molar-refractivity contribution in [1.29, 1.82) is 0 Å². The molecule has 22 heavy (non-hydrogen) atoms. The van der Waals surface area contributed by atoms with Crippen LogP contribution in [0.5, 0.6) is 5.75 Å². The Morgan fingerprint density at radius 3 is 2.73 bits per heavy atom. The van der Waals surface area contributed by atoms with Crippen LogP contribution in [0.25, 0.3) is 0 Å². The van der Waals surface area contributed by atoms with Gasteiger partial charge < -0.3 is 15.7 Å². The van der Waals surface area contributed by atoms with E-state index < -0.39 is 0 Å². The molecular formula is C18H29N3O. The summed E-state index contributed by atoms with van der Waals surface area (Å²) in [7, 11) is 1.83. The number of aliphatic imine (C=N–C) groups is 1. The fourth-order valence-corrected chi connectivity index (χ4v) is 3.12. The SMILES string of the molecule is CN=C(NCCCc1ccc(O)cc1)NC1CCCC(C)C1. The van der Waals surface area contributed by atoms with E-state index in [0.717, 1.165) is 31.3 Å².